The van der Waals surface area contributed by atoms with E-state index in [-0.39, 0.29) is 37.7 Å². The summed E-state index contributed by atoms with van der Waals surface area (Å²) < 4.78 is 4.58. The first-order valence-corrected chi connectivity index (χ1v) is 5.66. The number of hydrogen-bond donors (Lipinski definition) is 0. The van der Waals surface area contributed by atoms with Crippen LogP contribution in [0, 0.1) is 10.8 Å². The molecule has 0 saturated carbocycles. The van der Waals surface area contributed by atoms with Gasteiger partial charge in [0.2, 0.25) is 0 Å². The molecule has 52 valence electrons. The second-order valence-corrected chi connectivity index (χ2v) is 4.91. The third-order valence-corrected chi connectivity index (χ3v) is 5.30. The summed E-state index contributed by atoms with van der Waals surface area (Å²) in [5.41, 5.74) is 0. The van der Waals surface area contributed by atoms with Crippen molar-refractivity contribution in [3.63, 3.8) is 0 Å². The minimum Gasteiger partial charge on any atom is -0.294 e. The standard InChI is InChI=1S/C6Br2S2.2Li/c7-3-1-9-6-4(8)2-10-5(3)6;;/q-2;2*+1. The maximum atomic E-state index is 3.40. The molecule has 0 aromatic carbocycles. The van der Waals surface area contributed by atoms with Gasteiger partial charge < -0.3 is 0 Å². The van der Waals surface area contributed by atoms with Gasteiger partial charge in [0.05, 0.1) is 0 Å². The average Bonchev–Trinajstić information content (AvgIpc) is 2.41. The Kier molecular flexibility index (Phi) is 6.49. The van der Waals surface area contributed by atoms with E-state index in [1.54, 1.807) is 22.7 Å². The van der Waals surface area contributed by atoms with Crippen molar-refractivity contribution in [2.24, 2.45) is 0 Å². The van der Waals surface area contributed by atoms with Gasteiger partial charge in [-0.25, -0.2) is 0 Å². The first-order chi connectivity index (χ1) is 4.79. The molecule has 2 aromatic rings. The molecule has 0 N–H and O–H groups in total. The molecule has 6 heteroatoms. The molecule has 0 nitrogen and oxygen atoms in total. The summed E-state index contributed by atoms with van der Waals surface area (Å²) in [6, 6.07) is 0. The van der Waals surface area contributed by atoms with Gasteiger partial charge in [0.25, 0.3) is 0 Å². The van der Waals surface area contributed by atoms with Crippen molar-refractivity contribution in [3.05, 3.63) is 19.7 Å². The predicted molar refractivity (Wildman–Crippen MR) is 52.8 cm³/mol. The van der Waals surface area contributed by atoms with E-state index in [2.05, 4.69) is 42.6 Å². The van der Waals surface area contributed by atoms with Crippen LogP contribution in [0.15, 0.2) is 8.95 Å². The van der Waals surface area contributed by atoms with Gasteiger partial charge in [-0.05, 0) is 0 Å². The Hall–Kier alpha value is 1.81. The fraction of sp³-hybridized carbons (Fsp3) is 0. The van der Waals surface area contributed by atoms with Crippen LogP contribution in [-0.4, -0.2) is 0 Å². The second-order valence-electron chi connectivity index (χ2n) is 1.69. The molecule has 0 spiro atoms. The Morgan fingerprint density at radius 2 is 1.17 bits per heavy atom. The van der Waals surface area contributed by atoms with Gasteiger partial charge >= 0.3 is 37.7 Å². The van der Waals surface area contributed by atoms with E-state index in [0.29, 0.717) is 0 Å². The van der Waals surface area contributed by atoms with Crippen LogP contribution in [0.4, 0.5) is 0 Å². The van der Waals surface area contributed by atoms with Gasteiger partial charge in [-0.2, -0.15) is 0 Å². The van der Waals surface area contributed by atoms with Crippen LogP contribution in [-0.2, 0) is 0 Å². The Labute approximate surface area is 120 Å². The Morgan fingerprint density at radius 3 is 1.50 bits per heavy atom. The molecule has 2 heterocycles. The summed E-state index contributed by atoms with van der Waals surface area (Å²) in [7, 11) is 0. The maximum Gasteiger partial charge on any atom is 1.00 e. The number of thiophene rings is 2. The van der Waals surface area contributed by atoms with Crippen molar-refractivity contribution in [2.75, 3.05) is 0 Å². The number of fused-ring (bicyclic) bond motifs is 1. The van der Waals surface area contributed by atoms with Crippen molar-refractivity contribution in [1.82, 2.24) is 0 Å². The monoisotopic (exact) mass is 308 g/mol. The van der Waals surface area contributed by atoms with Crippen LogP contribution in [0.3, 0.4) is 0 Å². The van der Waals surface area contributed by atoms with E-state index < -0.39 is 0 Å². The summed E-state index contributed by atoms with van der Waals surface area (Å²) in [6.07, 6.45) is 0. The normalized spacial score (nSPS) is 9.17. The van der Waals surface area contributed by atoms with E-state index in [1.165, 1.54) is 9.40 Å². The van der Waals surface area contributed by atoms with Gasteiger partial charge in [0.15, 0.2) is 0 Å². The minimum absolute atomic E-state index is 0. The molecule has 0 saturated heterocycles. The molecule has 0 bridgehead atoms. The third kappa shape index (κ3) is 2.44. The van der Waals surface area contributed by atoms with E-state index in [1.807, 2.05) is 0 Å². The molecule has 0 unspecified atom stereocenters. The predicted octanol–water partition coefficient (Wildman–Crippen LogP) is -1.90. The summed E-state index contributed by atoms with van der Waals surface area (Å²) >= 11 is 10.0. The zero-order valence-electron chi connectivity index (χ0n) is 6.57. The molecule has 2 aromatic heterocycles. The van der Waals surface area contributed by atoms with E-state index in [9.17, 15) is 0 Å². The second kappa shape index (κ2) is 5.64. The number of hydrogen-bond acceptors (Lipinski definition) is 2. The smallest absolute Gasteiger partial charge is 0.294 e. The van der Waals surface area contributed by atoms with Crippen molar-refractivity contribution >= 4 is 63.9 Å². The van der Waals surface area contributed by atoms with Crippen molar-refractivity contribution < 1.29 is 37.7 Å². The molecule has 0 fully saturated rings. The van der Waals surface area contributed by atoms with Crippen molar-refractivity contribution in [3.8, 4) is 0 Å². The first-order valence-electron chi connectivity index (χ1n) is 2.44. The Morgan fingerprint density at radius 1 is 0.833 bits per heavy atom. The van der Waals surface area contributed by atoms with Crippen LogP contribution in [0.5, 0.6) is 0 Å². The first kappa shape index (κ1) is 13.8. The minimum atomic E-state index is 0. The Bertz CT molecular complexity index is 332. The molecule has 0 aliphatic rings. The summed E-state index contributed by atoms with van der Waals surface area (Å²) in [5, 5.41) is 6.23. The van der Waals surface area contributed by atoms with E-state index in [4.69, 9.17) is 0 Å². The van der Waals surface area contributed by atoms with Crippen LogP contribution in [0.25, 0.3) is 9.40 Å². The SMILES string of the molecule is Brc1[c-]sc2c(Br)[c-]sc12.[Li+].[Li+]. The number of rotatable bonds is 0. The van der Waals surface area contributed by atoms with E-state index in [0.717, 1.165) is 8.95 Å². The van der Waals surface area contributed by atoms with E-state index >= 15 is 0 Å². The summed E-state index contributed by atoms with van der Waals surface area (Å²) in [6.45, 7) is 0. The quantitative estimate of drug-likeness (QED) is 0.394. The zero-order valence-corrected chi connectivity index (χ0v) is 11.4. The Balaban J connectivity index is 0.000000605. The largest absolute Gasteiger partial charge is 1.00 e. The number of halogens is 2. The molecule has 0 aliphatic carbocycles. The fourth-order valence-electron chi connectivity index (χ4n) is 0.666. The summed E-state index contributed by atoms with van der Waals surface area (Å²) in [4.78, 5) is 0. The average molecular weight is 310 g/mol. The van der Waals surface area contributed by atoms with Gasteiger partial charge in [0, 0.05) is 0 Å². The van der Waals surface area contributed by atoms with Gasteiger partial charge in [-0.3, -0.25) is 22.7 Å². The van der Waals surface area contributed by atoms with Crippen LogP contribution >= 0.6 is 54.5 Å². The molecular weight excluding hydrogens is 310 g/mol. The fourth-order valence-corrected chi connectivity index (χ4v) is 3.93. The molecule has 0 amide bonds. The van der Waals surface area contributed by atoms with Crippen LogP contribution in [0.1, 0.15) is 0 Å². The molecular formula is C6Br2Li2S2. The van der Waals surface area contributed by atoms with Gasteiger partial charge in [-0.15, -0.1) is 20.2 Å². The zero-order chi connectivity index (χ0) is 7.14. The van der Waals surface area contributed by atoms with Crippen molar-refractivity contribution in [2.45, 2.75) is 0 Å². The molecule has 0 radical (unpaired) electrons. The van der Waals surface area contributed by atoms with Crippen molar-refractivity contribution in [1.29, 1.82) is 0 Å². The molecule has 2 rings (SSSR count). The molecule has 12 heavy (non-hydrogen) atoms. The third-order valence-electron chi connectivity index (χ3n) is 1.09. The maximum absolute atomic E-state index is 3.40. The topological polar surface area (TPSA) is 0 Å². The summed E-state index contributed by atoms with van der Waals surface area (Å²) in [5.74, 6) is 0. The van der Waals surface area contributed by atoms with Crippen LogP contribution < -0.4 is 37.7 Å². The van der Waals surface area contributed by atoms with Gasteiger partial charge in [-0.1, -0.05) is 40.8 Å². The van der Waals surface area contributed by atoms with Gasteiger partial charge in [0.1, 0.15) is 0 Å². The molecule has 0 aliphatic heterocycles. The molecule has 0 atom stereocenters. The van der Waals surface area contributed by atoms with Crippen LogP contribution in [0.2, 0.25) is 0 Å².